The second-order valence-electron chi connectivity index (χ2n) is 3.57. The largest absolute Gasteiger partial charge is 0.390 e. The molecular formula is C9H13F3N2O2S2. The fourth-order valence-electron chi connectivity index (χ4n) is 1.19. The molecule has 0 bridgehead atoms. The zero-order valence-electron chi connectivity index (χ0n) is 9.54. The summed E-state index contributed by atoms with van der Waals surface area (Å²) in [6.07, 6.45) is -5.55. The van der Waals surface area contributed by atoms with Gasteiger partial charge in [-0.05, 0) is 24.1 Å². The van der Waals surface area contributed by atoms with Crippen LogP contribution in [0.5, 0.6) is 0 Å². The van der Waals surface area contributed by atoms with Crippen LogP contribution in [0.3, 0.4) is 0 Å². The molecule has 4 nitrogen and oxygen atoms in total. The quantitative estimate of drug-likeness (QED) is 0.841. The Morgan fingerprint density at radius 1 is 1.39 bits per heavy atom. The van der Waals surface area contributed by atoms with Crippen molar-refractivity contribution in [1.82, 2.24) is 10.0 Å². The summed E-state index contributed by atoms with van der Waals surface area (Å²) in [5.41, 5.74) is 0.777. The van der Waals surface area contributed by atoms with Crippen LogP contribution in [-0.2, 0) is 16.6 Å². The SMILES string of the molecule is CNCc1csc(S(=O)(=O)NCCC(F)(F)F)c1. The lowest BCUT2D eigenvalue weighted by Gasteiger charge is -2.07. The van der Waals surface area contributed by atoms with Gasteiger partial charge in [0.15, 0.2) is 0 Å². The molecule has 0 saturated carbocycles. The maximum Gasteiger partial charge on any atom is 0.390 e. The number of hydrogen-bond acceptors (Lipinski definition) is 4. The van der Waals surface area contributed by atoms with E-state index in [1.807, 2.05) is 4.72 Å². The minimum atomic E-state index is -4.37. The Kier molecular flexibility index (Phi) is 5.14. The molecule has 0 aliphatic carbocycles. The van der Waals surface area contributed by atoms with Gasteiger partial charge in [-0.2, -0.15) is 13.2 Å². The van der Waals surface area contributed by atoms with Gasteiger partial charge in [-0.3, -0.25) is 0 Å². The van der Waals surface area contributed by atoms with Crippen molar-refractivity contribution in [3.63, 3.8) is 0 Å². The van der Waals surface area contributed by atoms with Crippen LogP contribution in [-0.4, -0.2) is 28.2 Å². The molecule has 0 atom stereocenters. The molecule has 0 aliphatic rings. The van der Waals surface area contributed by atoms with Crippen LogP contribution in [0.2, 0.25) is 0 Å². The highest BCUT2D eigenvalue weighted by molar-refractivity contribution is 7.91. The molecule has 9 heteroatoms. The summed E-state index contributed by atoms with van der Waals surface area (Å²) in [5, 5.41) is 4.50. The third-order valence-corrected chi connectivity index (χ3v) is 4.93. The molecule has 104 valence electrons. The zero-order chi connectivity index (χ0) is 13.8. The molecule has 0 unspecified atom stereocenters. The lowest BCUT2D eigenvalue weighted by molar-refractivity contribution is -0.132. The predicted molar refractivity (Wildman–Crippen MR) is 62.9 cm³/mol. The lowest BCUT2D eigenvalue weighted by Crippen LogP contribution is -2.27. The summed E-state index contributed by atoms with van der Waals surface area (Å²) in [7, 11) is -2.12. The average molecular weight is 302 g/mol. The third-order valence-electron chi connectivity index (χ3n) is 1.98. The molecule has 0 radical (unpaired) electrons. The van der Waals surface area contributed by atoms with Crippen molar-refractivity contribution >= 4 is 21.4 Å². The second-order valence-corrected chi connectivity index (χ2v) is 6.47. The van der Waals surface area contributed by atoms with E-state index in [1.54, 1.807) is 12.4 Å². The Balaban J connectivity index is 2.62. The Morgan fingerprint density at radius 2 is 2.06 bits per heavy atom. The first-order chi connectivity index (χ1) is 8.24. The van der Waals surface area contributed by atoms with Gasteiger partial charge < -0.3 is 5.32 Å². The molecular weight excluding hydrogens is 289 g/mol. The van der Waals surface area contributed by atoms with Crippen molar-refractivity contribution in [3.05, 3.63) is 17.0 Å². The lowest BCUT2D eigenvalue weighted by atomic mass is 10.3. The number of rotatable bonds is 6. The minimum Gasteiger partial charge on any atom is -0.316 e. The number of nitrogens with one attached hydrogen (secondary N) is 2. The topological polar surface area (TPSA) is 58.2 Å². The van der Waals surface area contributed by atoms with Gasteiger partial charge in [0.25, 0.3) is 0 Å². The fraction of sp³-hybridized carbons (Fsp3) is 0.556. The molecule has 0 aromatic carbocycles. The first kappa shape index (κ1) is 15.4. The Bertz CT molecular complexity index is 482. The molecule has 0 saturated heterocycles. The smallest absolute Gasteiger partial charge is 0.316 e. The molecule has 0 spiro atoms. The van der Waals surface area contributed by atoms with Crippen molar-refractivity contribution < 1.29 is 21.6 Å². The van der Waals surface area contributed by atoms with Crippen molar-refractivity contribution in [1.29, 1.82) is 0 Å². The normalized spacial score (nSPS) is 12.9. The van der Waals surface area contributed by atoms with E-state index >= 15 is 0 Å². The Hall–Kier alpha value is -0.640. The highest BCUT2D eigenvalue weighted by Gasteiger charge is 2.27. The van der Waals surface area contributed by atoms with Crippen LogP contribution in [0.1, 0.15) is 12.0 Å². The Morgan fingerprint density at radius 3 is 2.61 bits per heavy atom. The molecule has 1 heterocycles. The summed E-state index contributed by atoms with van der Waals surface area (Å²) in [4.78, 5) is 0. The molecule has 1 rings (SSSR count). The van der Waals surface area contributed by atoms with Crippen molar-refractivity contribution in [3.8, 4) is 0 Å². The fourth-order valence-corrected chi connectivity index (χ4v) is 3.47. The maximum absolute atomic E-state index is 11.9. The van der Waals surface area contributed by atoms with Gasteiger partial charge in [0, 0.05) is 13.1 Å². The van der Waals surface area contributed by atoms with E-state index in [-0.39, 0.29) is 4.21 Å². The highest BCUT2D eigenvalue weighted by atomic mass is 32.2. The van der Waals surface area contributed by atoms with E-state index < -0.39 is 29.2 Å². The number of sulfonamides is 1. The number of alkyl halides is 3. The number of thiophene rings is 1. The van der Waals surface area contributed by atoms with Crippen molar-refractivity contribution in [2.75, 3.05) is 13.6 Å². The van der Waals surface area contributed by atoms with Gasteiger partial charge in [0.2, 0.25) is 10.0 Å². The van der Waals surface area contributed by atoms with Crippen LogP contribution in [0.15, 0.2) is 15.7 Å². The van der Waals surface area contributed by atoms with E-state index in [4.69, 9.17) is 0 Å². The van der Waals surface area contributed by atoms with E-state index in [9.17, 15) is 21.6 Å². The van der Waals surface area contributed by atoms with Crippen LogP contribution in [0, 0.1) is 0 Å². The zero-order valence-corrected chi connectivity index (χ0v) is 11.2. The van der Waals surface area contributed by atoms with Gasteiger partial charge >= 0.3 is 6.18 Å². The first-order valence-corrected chi connectivity index (χ1v) is 7.39. The summed E-state index contributed by atoms with van der Waals surface area (Å²) in [5.74, 6) is 0. The van der Waals surface area contributed by atoms with Crippen LogP contribution in [0.4, 0.5) is 13.2 Å². The third kappa shape index (κ3) is 4.92. The van der Waals surface area contributed by atoms with Gasteiger partial charge in [-0.15, -0.1) is 11.3 Å². The first-order valence-electron chi connectivity index (χ1n) is 5.03. The number of halogens is 3. The summed E-state index contributed by atoms with van der Waals surface area (Å²) >= 11 is 0.983. The molecule has 1 aromatic heterocycles. The van der Waals surface area contributed by atoms with Crippen molar-refractivity contribution in [2.45, 2.75) is 23.4 Å². The van der Waals surface area contributed by atoms with E-state index in [0.29, 0.717) is 6.54 Å². The molecule has 0 amide bonds. The van der Waals surface area contributed by atoms with Gasteiger partial charge in [-0.25, -0.2) is 13.1 Å². The maximum atomic E-state index is 11.9. The standard InChI is InChI=1S/C9H13F3N2O2S2/c1-13-5-7-4-8(17-6-7)18(15,16)14-3-2-9(10,11)12/h4,6,13-14H,2-3,5H2,1H3. The van der Waals surface area contributed by atoms with Crippen LogP contribution in [0.25, 0.3) is 0 Å². The average Bonchev–Trinajstić information content (AvgIpc) is 2.65. The second kappa shape index (κ2) is 6.00. The number of hydrogen-bond donors (Lipinski definition) is 2. The molecule has 1 aromatic rings. The molecule has 0 aliphatic heterocycles. The van der Waals surface area contributed by atoms with Crippen molar-refractivity contribution in [2.24, 2.45) is 0 Å². The van der Waals surface area contributed by atoms with Crippen LogP contribution >= 0.6 is 11.3 Å². The predicted octanol–water partition coefficient (Wildman–Crippen LogP) is 1.70. The Labute approximate surface area is 107 Å². The minimum absolute atomic E-state index is 0.0231. The summed E-state index contributed by atoms with van der Waals surface area (Å²) in [6, 6.07) is 1.44. The van der Waals surface area contributed by atoms with Gasteiger partial charge in [-0.1, -0.05) is 0 Å². The van der Waals surface area contributed by atoms with E-state index in [1.165, 1.54) is 6.07 Å². The van der Waals surface area contributed by atoms with Gasteiger partial charge in [0.1, 0.15) is 4.21 Å². The summed E-state index contributed by atoms with van der Waals surface area (Å²) in [6.45, 7) is -0.139. The van der Waals surface area contributed by atoms with E-state index in [0.717, 1.165) is 16.9 Å². The monoisotopic (exact) mass is 302 g/mol. The molecule has 0 fully saturated rings. The van der Waals surface area contributed by atoms with Gasteiger partial charge in [0.05, 0.1) is 6.42 Å². The highest BCUT2D eigenvalue weighted by Crippen LogP contribution is 2.21. The van der Waals surface area contributed by atoms with Crippen LogP contribution < -0.4 is 10.0 Å². The summed E-state index contributed by atoms with van der Waals surface area (Å²) < 4.78 is 60.9. The molecule has 18 heavy (non-hydrogen) atoms. The molecule has 2 N–H and O–H groups in total. The van der Waals surface area contributed by atoms with E-state index in [2.05, 4.69) is 5.32 Å².